The molecular weight excluding hydrogens is 194 g/mol. The van der Waals surface area contributed by atoms with E-state index in [-0.39, 0.29) is 0 Å². The van der Waals surface area contributed by atoms with E-state index < -0.39 is 0 Å². The van der Waals surface area contributed by atoms with E-state index in [9.17, 15) is 4.79 Å². The average Bonchev–Trinajstić information content (AvgIpc) is 2.19. The van der Waals surface area contributed by atoms with Crippen molar-refractivity contribution in [1.82, 2.24) is 4.90 Å². The van der Waals surface area contributed by atoms with Crippen LogP contribution in [-0.4, -0.2) is 40.8 Å². The SMILES string of the molecule is CC1CC(=O)CCN1C1CCSCC1. The molecule has 3 heteroatoms. The van der Waals surface area contributed by atoms with Crippen LogP contribution in [0, 0.1) is 0 Å². The van der Waals surface area contributed by atoms with Crippen molar-refractivity contribution in [3.63, 3.8) is 0 Å². The molecule has 1 atom stereocenters. The zero-order chi connectivity index (χ0) is 9.97. The molecule has 80 valence electrons. The number of hydrogen-bond donors (Lipinski definition) is 0. The Bertz CT molecular complexity index is 213. The number of likely N-dealkylation sites (tertiary alicyclic amines) is 1. The van der Waals surface area contributed by atoms with Gasteiger partial charge >= 0.3 is 0 Å². The molecule has 14 heavy (non-hydrogen) atoms. The number of carbonyl (C=O) groups is 1. The van der Waals surface area contributed by atoms with Crippen molar-refractivity contribution in [2.24, 2.45) is 0 Å². The topological polar surface area (TPSA) is 20.3 Å². The molecule has 2 nitrogen and oxygen atoms in total. The normalized spacial score (nSPS) is 32.1. The van der Waals surface area contributed by atoms with Crippen LogP contribution in [0.3, 0.4) is 0 Å². The number of rotatable bonds is 1. The molecule has 2 rings (SSSR count). The third-order valence-corrected chi connectivity index (χ3v) is 4.45. The molecule has 1 unspecified atom stereocenters. The summed E-state index contributed by atoms with van der Waals surface area (Å²) in [4.78, 5) is 13.8. The zero-order valence-electron chi connectivity index (χ0n) is 8.87. The molecular formula is C11H19NOS. The van der Waals surface area contributed by atoms with Crippen LogP contribution in [0.4, 0.5) is 0 Å². The van der Waals surface area contributed by atoms with Crippen LogP contribution in [0.25, 0.3) is 0 Å². The van der Waals surface area contributed by atoms with Gasteiger partial charge in [-0.2, -0.15) is 11.8 Å². The number of thioether (sulfide) groups is 1. The molecule has 0 N–H and O–H groups in total. The van der Waals surface area contributed by atoms with Gasteiger partial charge in [0.2, 0.25) is 0 Å². The third kappa shape index (κ3) is 2.31. The van der Waals surface area contributed by atoms with Crippen LogP contribution in [0.15, 0.2) is 0 Å². The van der Waals surface area contributed by atoms with Crippen molar-refractivity contribution in [3.05, 3.63) is 0 Å². The fraction of sp³-hybridized carbons (Fsp3) is 0.909. The predicted octanol–water partition coefficient (Wildman–Crippen LogP) is 1.94. The first-order valence-electron chi connectivity index (χ1n) is 5.62. The number of carbonyl (C=O) groups excluding carboxylic acids is 1. The van der Waals surface area contributed by atoms with E-state index in [0.29, 0.717) is 11.8 Å². The van der Waals surface area contributed by atoms with E-state index in [1.807, 2.05) is 0 Å². The number of nitrogens with zero attached hydrogens (tertiary/aromatic N) is 1. The fourth-order valence-corrected chi connectivity index (χ4v) is 3.66. The molecule has 0 aromatic rings. The molecule has 0 radical (unpaired) electrons. The lowest BCUT2D eigenvalue weighted by molar-refractivity contribution is -0.123. The Balaban J connectivity index is 1.92. The van der Waals surface area contributed by atoms with Gasteiger partial charge < -0.3 is 0 Å². The van der Waals surface area contributed by atoms with Gasteiger partial charge in [0.1, 0.15) is 5.78 Å². The molecule has 2 fully saturated rings. The predicted molar refractivity (Wildman–Crippen MR) is 60.8 cm³/mol. The van der Waals surface area contributed by atoms with Gasteiger partial charge in [-0.25, -0.2) is 0 Å². The standard InChI is InChI=1S/C11H19NOS/c1-9-8-11(13)2-5-12(9)10-3-6-14-7-4-10/h9-10H,2-8H2,1H3. The van der Waals surface area contributed by atoms with Crippen molar-refractivity contribution >= 4 is 17.5 Å². The minimum Gasteiger partial charge on any atom is -0.300 e. The summed E-state index contributed by atoms with van der Waals surface area (Å²) in [6, 6.07) is 1.25. The van der Waals surface area contributed by atoms with Gasteiger partial charge in [-0.05, 0) is 31.3 Å². The summed E-state index contributed by atoms with van der Waals surface area (Å²) in [5.74, 6) is 3.07. The Labute approximate surface area is 90.4 Å². The summed E-state index contributed by atoms with van der Waals surface area (Å²) in [5.41, 5.74) is 0. The molecule has 0 aromatic carbocycles. The van der Waals surface area contributed by atoms with Crippen molar-refractivity contribution in [1.29, 1.82) is 0 Å². The number of piperidine rings is 1. The van der Waals surface area contributed by atoms with Gasteiger partial charge in [0.15, 0.2) is 0 Å². The van der Waals surface area contributed by atoms with Crippen LogP contribution < -0.4 is 0 Å². The van der Waals surface area contributed by atoms with Crippen molar-refractivity contribution in [2.75, 3.05) is 18.1 Å². The van der Waals surface area contributed by atoms with E-state index in [0.717, 1.165) is 25.4 Å². The summed E-state index contributed by atoms with van der Waals surface area (Å²) in [6.07, 6.45) is 4.21. The lowest BCUT2D eigenvalue weighted by atomic mass is 9.98. The van der Waals surface area contributed by atoms with Gasteiger partial charge in [-0.1, -0.05) is 0 Å². The highest BCUT2D eigenvalue weighted by atomic mass is 32.2. The minimum atomic E-state index is 0.457. The lowest BCUT2D eigenvalue weighted by Crippen LogP contribution is -2.48. The third-order valence-electron chi connectivity index (χ3n) is 3.40. The first-order valence-corrected chi connectivity index (χ1v) is 6.78. The Morgan fingerprint density at radius 2 is 2.07 bits per heavy atom. The summed E-state index contributed by atoms with van der Waals surface area (Å²) in [5, 5.41) is 0. The highest BCUT2D eigenvalue weighted by Crippen LogP contribution is 2.26. The molecule has 0 aromatic heterocycles. The maximum Gasteiger partial charge on any atom is 0.135 e. The van der Waals surface area contributed by atoms with Crippen molar-refractivity contribution in [3.8, 4) is 0 Å². The molecule has 2 aliphatic rings. The van der Waals surface area contributed by atoms with E-state index in [2.05, 4.69) is 23.6 Å². The van der Waals surface area contributed by atoms with E-state index in [4.69, 9.17) is 0 Å². The Hall–Kier alpha value is -0.0200. The minimum absolute atomic E-state index is 0.457. The molecule has 0 bridgehead atoms. The van der Waals surface area contributed by atoms with Crippen LogP contribution in [0.2, 0.25) is 0 Å². The zero-order valence-corrected chi connectivity index (χ0v) is 9.68. The summed E-state index contributed by atoms with van der Waals surface area (Å²) < 4.78 is 0. The van der Waals surface area contributed by atoms with Crippen molar-refractivity contribution < 1.29 is 4.79 Å². The number of ketones is 1. The van der Waals surface area contributed by atoms with Crippen LogP contribution in [-0.2, 0) is 4.79 Å². The van der Waals surface area contributed by atoms with Gasteiger partial charge in [0.25, 0.3) is 0 Å². The summed E-state index contributed by atoms with van der Waals surface area (Å²) in [6.45, 7) is 3.22. The first-order chi connectivity index (χ1) is 6.77. The van der Waals surface area contributed by atoms with Gasteiger partial charge in [0.05, 0.1) is 0 Å². The van der Waals surface area contributed by atoms with E-state index in [1.165, 1.54) is 24.3 Å². The molecule has 2 aliphatic heterocycles. The van der Waals surface area contributed by atoms with Crippen LogP contribution in [0.1, 0.15) is 32.6 Å². The molecule has 2 saturated heterocycles. The second-order valence-electron chi connectivity index (χ2n) is 4.42. The van der Waals surface area contributed by atoms with E-state index in [1.54, 1.807) is 0 Å². The highest BCUT2D eigenvalue weighted by molar-refractivity contribution is 7.99. The maximum atomic E-state index is 11.3. The first kappa shape index (κ1) is 10.5. The molecule has 0 saturated carbocycles. The number of hydrogen-bond acceptors (Lipinski definition) is 3. The van der Waals surface area contributed by atoms with Gasteiger partial charge in [-0.15, -0.1) is 0 Å². The monoisotopic (exact) mass is 213 g/mol. The maximum absolute atomic E-state index is 11.3. The van der Waals surface area contributed by atoms with E-state index >= 15 is 0 Å². The molecule has 0 spiro atoms. The van der Waals surface area contributed by atoms with Crippen LogP contribution in [0.5, 0.6) is 0 Å². The smallest absolute Gasteiger partial charge is 0.135 e. The second-order valence-corrected chi connectivity index (χ2v) is 5.65. The quantitative estimate of drug-likeness (QED) is 0.664. The number of Topliss-reactive ketones (excluding diaryl/α,β-unsaturated/α-hetero) is 1. The van der Waals surface area contributed by atoms with Gasteiger partial charge in [-0.3, -0.25) is 9.69 Å². The largest absolute Gasteiger partial charge is 0.300 e. The summed E-state index contributed by atoms with van der Waals surface area (Å²) in [7, 11) is 0. The van der Waals surface area contributed by atoms with Crippen molar-refractivity contribution in [2.45, 2.75) is 44.7 Å². The lowest BCUT2D eigenvalue weighted by Gasteiger charge is -2.40. The fourth-order valence-electron chi connectivity index (χ4n) is 2.58. The second kappa shape index (κ2) is 4.67. The molecule has 0 aliphatic carbocycles. The Morgan fingerprint density at radius 1 is 1.36 bits per heavy atom. The Kier molecular flexibility index (Phi) is 3.50. The Morgan fingerprint density at radius 3 is 2.71 bits per heavy atom. The molecule has 0 amide bonds. The molecule has 2 heterocycles. The highest BCUT2D eigenvalue weighted by Gasteiger charge is 2.29. The van der Waals surface area contributed by atoms with Gasteiger partial charge in [0, 0.05) is 31.5 Å². The average molecular weight is 213 g/mol. The van der Waals surface area contributed by atoms with Crippen LogP contribution >= 0.6 is 11.8 Å². The summed E-state index contributed by atoms with van der Waals surface area (Å²) >= 11 is 2.07.